The van der Waals surface area contributed by atoms with Gasteiger partial charge in [-0.15, -0.1) is 0 Å². The first-order valence-corrected chi connectivity index (χ1v) is 8.54. The summed E-state index contributed by atoms with van der Waals surface area (Å²) in [7, 11) is 2.07. The summed E-state index contributed by atoms with van der Waals surface area (Å²) in [4.78, 5) is 5.08. The van der Waals surface area contributed by atoms with Crippen molar-refractivity contribution in [3.05, 3.63) is 43.0 Å². The number of nitrogen functional groups attached to an aromatic ring is 1. The third-order valence-electron chi connectivity index (χ3n) is 4.56. The maximum atomic E-state index is 5.78. The highest BCUT2D eigenvalue weighted by Crippen LogP contribution is 2.18. The van der Waals surface area contributed by atoms with Gasteiger partial charge in [-0.1, -0.05) is 0 Å². The van der Waals surface area contributed by atoms with E-state index in [0.29, 0.717) is 0 Å². The molecule has 1 aliphatic heterocycles. The van der Waals surface area contributed by atoms with Crippen molar-refractivity contribution in [2.24, 2.45) is 7.05 Å². The largest absolute Gasteiger partial charge is 0.399 e. The molecule has 0 amide bonds. The molecule has 0 radical (unpaired) electrons. The van der Waals surface area contributed by atoms with Gasteiger partial charge in [0.05, 0.1) is 13.6 Å². The number of benzene rings is 1. The molecule has 2 aromatic rings. The van der Waals surface area contributed by atoms with Gasteiger partial charge >= 0.3 is 0 Å². The summed E-state index contributed by atoms with van der Waals surface area (Å²) in [6.07, 6.45) is 8.81. The lowest BCUT2D eigenvalue weighted by Crippen LogP contribution is -2.31. The maximum Gasteiger partial charge on any atom is 0.243 e. The number of aryl methyl sites for hydroxylation is 2. The molecular formula is C18H28N5+. The Bertz CT molecular complexity index is 604. The number of anilines is 2. The predicted octanol–water partition coefficient (Wildman–Crippen LogP) is 1.50. The molecule has 23 heavy (non-hydrogen) atoms. The number of imidazole rings is 1. The van der Waals surface area contributed by atoms with Crippen molar-refractivity contribution in [2.75, 3.05) is 43.4 Å². The van der Waals surface area contributed by atoms with Gasteiger partial charge in [0.15, 0.2) is 0 Å². The van der Waals surface area contributed by atoms with Gasteiger partial charge in [0, 0.05) is 37.6 Å². The summed E-state index contributed by atoms with van der Waals surface area (Å²) in [5, 5.41) is 0. The molecule has 1 fully saturated rings. The van der Waals surface area contributed by atoms with E-state index in [0.717, 1.165) is 31.9 Å². The number of nitrogens with two attached hydrogens (primary N) is 1. The van der Waals surface area contributed by atoms with E-state index in [1.807, 2.05) is 12.1 Å². The van der Waals surface area contributed by atoms with Gasteiger partial charge in [0.1, 0.15) is 12.4 Å². The van der Waals surface area contributed by atoms with Crippen LogP contribution in [0.5, 0.6) is 0 Å². The van der Waals surface area contributed by atoms with E-state index in [2.05, 4.69) is 56.8 Å². The zero-order valence-electron chi connectivity index (χ0n) is 14.1. The van der Waals surface area contributed by atoms with E-state index in [1.54, 1.807) is 0 Å². The number of nitrogens with zero attached hydrogens (tertiary/aromatic N) is 4. The first-order chi connectivity index (χ1) is 11.2. The number of rotatable bonds is 5. The predicted molar refractivity (Wildman–Crippen MR) is 94.3 cm³/mol. The van der Waals surface area contributed by atoms with Gasteiger partial charge in [-0.2, -0.15) is 0 Å². The molecule has 1 saturated heterocycles. The summed E-state index contributed by atoms with van der Waals surface area (Å²) in [6.45, 7) is 6.85. The molecule has 1 aromatic heterocycles. The third-order valence-corrected chi connectivity index (χ3v) is 4.56. The summed E-state index contributed by atoms with van der Waals surface area (Å²) >= 11 is 0. The Morgan fingerprint density at radius 1 is 1.04 bits per heavy atom. The van der Waals surface area contributed by atoms with E-state index in [4.69, 9.17) is 5.73 Å². The molecule has 0 bridgehead atoms. The normalized spacial score (nSPS) is 16.5. The van der Waals surface area contributed by atoms with Crippen LogP contribution in [0.1, 0.15) is 12.8 Å². The molecule has 124 valence electrons. The topological polar surface area (TPSA) is 41.3 Å². The van der Waals surface area contributed by atoms with Crippen LogP contribution >= 0.6 is 0 Å². The van der Waals surface area contributed by atoms with E-state index in [9.17, 15) is 0 Å². The minimum Gasteiger partial charge on any atom is -0.399 e. The average Bonchev–Trinajstić information content (AvgIpc) is 2.82. The van der Waals surface area contributed by atoms with Crippen LogP contribution < -0.4 is 15.2 Å². The van der Waals surface area contributed by atoms with Crippen molar-refractivity contribution in [3.63, 3.8) is 0 Å². The second-order valence-electron chi connectivity index (χ2n) is 6.44. The first-order valence-electron chi connectivity index (χ1n) is 8.54. The summed E-state index contributed by atoms with van der Waals surface area (Å²) < 4.78 is 4.36. The minimum atomic E-state index is 0.837. The Kier molecular flexibility index (Phi) is 5.18. The minimum absolute atomic E-state index is 0.837. The second kappa shape index (κ2) is 7.51. The van der Waals surface area contributed by atoms with Crippen LogP contribution in [0.2, 0.25) is 0 Å². The van der Waals surface area contributed by atoms with Crippen LogP contribution in [0, 0.1) is 0 Å². The molecule has 0 aliphatic carbocycles. The fourth-order valence-corrected chi connectivity index (χ4v) is 3.25. The van der Waals surface area contributed by atoms with Crippen molar-refractivity contribution in [3.8, 4) is 0 Å². The molecule has 0 spiro atoms. The van der Waals surface area contributed by atoms with Crippen LogP contribution in [-0.2, 0) is 13.6 Å². The van der Waals surface area contributed by atoms with Gasteiger partial charge in [0.25, 0.3) is 0 Å². The average molecular weight is 314 g/mol. The fourth-order valence-electron chi connectivity index (χ4n) is 3.25. The van der Waals surface area contributed by atoms with Gasteiger partial charge in [0.2, 0.25) is 6.33 Å². The monoisotopic (exact) mass is 314 g/mol. The summed E-state index contributed by atoms with van der Waals surface area (Å²) in [5.41, 5.74) is 7.91. The van der Waals surface area contributed by atoms with Gasteiger partial charge < -0.3 is 15.5 Å². The molecule has 0 unspecified atom stereocenters. The Labute approximate surface area is 138 Å². The van der Waals surface area contributed by atoms with Crippen molar-refractivity contribution < 1.29 is 4.57 Å². The van der Waals surface area contributed by atoms with Crippen LogP contribution in [0.25, 0.3) is 0 Å². The van der Waals surface area contributed by atoms with E-state index >= 15 is 0 Å². The third kappa shape index (κ3) is 4.48. The molecule has 0 saturated carbocycles. The van der Waals surface area contributed by atoms with Crippen LogP contribution in [0.3, 0.4) is 0 Å². The SMILES string of the molecule is C[n+]1ccn(CCCN2CCCN(c3ccc(N)cc3)CC2)c1. The number of hydrogen-bond donors (Lipinski definition) is 1. The van der Waals surface area contributed by atoms with Crippen molar-refractivity contribution in [1.82, 2.24) is 9.47 Å². The van der Waals surface area contributed by atoms with E-state index in [1.165, 1.54) is 31.6 Å². The highest BCUT2D eigenvalue weighted by molar-refractivity contribution is 5.53. The first kappa shape index (κ1) is 15.9. The van der Waals surface area contributed by atoms with E-state index < -0.39 is 0 Å². The highest BCUT2D eigenvalue weighted by atomic mass is 15.2. The van der Waals surface area contributed by atoms with Gasteiger partial charge in [-0.3, -0.25) is 0 Å². The fraction of sp³-hybridized carbons (Fsp3) is 0.500. The second-order valence-corrected chi connectivity index (χ2v) is 6.44. The van der Waals surface area contributed by atoms with Gasteiger partial charge in [-0.25, -0.2) is 9.13 Å². The van der Waals surface area contributed by atoms with Crippen molar-refractivity contribution in [2.45, 2.75) is 19.4 Å². The van der Waals surface area contributed by atoms with Crippen LogP contribution in [-0.4, -0.2) is 42.2 Å². The molecule has 5 heteroatoms. The zero-order chi connectivity index (χ0) is 16.1. The van der Waals surface area contributed by atoms with Crippen LogP contribution in [0.4, 0.5) is 11.4 Å². The van der Waals surface area contributed by atoms with E-state index in [-0.39, 0.29) is 0 Å². The molecule has 3 rings (SSSR count). The molecule has 0 atom stereocenters. The molecule has 5 nitrogen and oxygen atoms in total. The lowest BCUT2D eigenvalue weighted by Gasteiger charge is -2.23. The Morgan fingerprint density at radius 2 is 1.87 bits per heavy atom. The zero-order valence-corrected chi connectivity index (χ0v) is 14.1. The maximum absolute atomic E-state index is 5.78. The van der Waals surface area contributed by atoms with Gasteiger partial charge in [-0.05, 0) is 43.7 Å². The molecule has 2 N–H and O–H groups in total. The molecule has 1 aliphatic rings. The number of hydrogen-bond acceptors (Lipinski definition) is 3. The summed E-state index contributed by atoms with van der Waals surface area (Å²) in [5.74, 6) is 0. The molecule has 2 heterocycles. The lowest BCUT2D eigenvalue weighted by molar-refractivity contribution is -0.671. The lowest BCUT2D eigenvalue weighted by atomic mass is 10.2. The number of aromatic nitrogens is 2. The van der Waals surface area contributed by atoms with Crippen LogP contribution in [0.15, 0.2) is 43.0 Å². The Morgan fingerprint density at radius 3 is 2.61 bits per heavy atom. The highest BCUT2D eigenvalue weighted by Gasteiger charge is 2.15. The smallest absolute Gasteiger partial charge is 0.243 e. The molecular weight excluding hydrogens is 286 g/mol. The quantitative estimate of drug-likeness (QED) is 0.672. The molecule has 1 aromatic carbocycles. The van der Waals surface area contributed by atoms with Crippen molar-refractivity contribution >= 4 is 11.4 Å². The Balaban J connectivity index is 1.45. The van der Waals surface area contributed by atoms with Crippen molar-refractivity contribution in [1.29, 1.82) is 0 Å². The standard InChI is InChI=1S/C18H28N5/c1-20-12-13-22(16-20)10-2-8-21-9-3-11-23(15-14-21)18-6-4-17(19)5-7-18/h4-7,12-13,16H,2-3,8-11,14-15,19H2,1H3/q+1. The Hall–Kier alpha value is -2.01. The summed E-state index contributed by atoms with van der Waals surface area (Å²) in [6, 6.07) is 8.26.